The number of nitrogens with zero attached hydrogens (tertiary/aromatic N) is 5. The minimum absolute atomic E-state index is 0.0253. The zero-order chi connectivity index (χ0) is 44.5. The lowest BCUT2D eigenvalue weighted by Gasteiger charge is -2.41. The van der Waals surface area contributed by atoms with Crippen molar-refractivity contribution in [1.29, 1.82) is 0 Å². The zero-order valence-corrected chi connectivity index (χ0v) is 38.0. The molecule has 5 heterocycles. The molecule has 0 bridgehead atoms. The highest BCUT2D eigenvalue weighted by Gasteiger charge is 2.36. The lowest BCUT2D eigenvalue weighted by Crippen LogP contribution is -2.40. The van der Waals surface area contributed by atoms with E-state index in [-0.39, 0.29) is 23.8 Å². The van der Waals surface area contributed by atoms with Crippen LogP contribution in [0.3, 0.4) is 0 Å². The Hall–Kier alpha value is -5.73. The van der Waals surface area contributed by atoms with Gasteiger partial charge in [-0.25, -0.2) is 0 Å². The van der Waals surface area contributed by atoms with E-state index < -0.39 is 16.7 Å². The molecule has 3 saturated heterocycles. The predicted molar refractivity (Wildman–Crippen MR) is 247 cm³/mol. The number of fused-ring (bicyclic) bond motifs is 2. The number of aryl methyl sites for hydroxylation is 1. The number of likely N-dealkylation sites (tertiary alicyclic amines) is 1. The van der Waals surface area contributed by atoms with Crippen molar-refractivity contribution in [3.63, 3.8) is 0 Å². The maximum Gasteiger partial charge on any atom is 0.255 e. The number of piperidine rings is 3. The molecule has 4 aliphatic rings. The van der Waals surface area contributed by atoms with E-state index in [0.717, 1.165) is 77.9 Å². The topological polar surface area (TPSA) is 136 Å². The third kappa shape index (κ3) is 9.12. The molecule has 3 atom stereocenters. The normalized spacial score (nSPS) is 19.8. The number of carbonyl (C=O) groups excluding carboxylic acids is 3. The van der Waals surface area contributed by atoms with Gasteiger partial charge in [-0.1, -0.05) is 18.2 Å². The van der Waals surface area contributed by atoms with E-state index in [1.54, 1.807) is 18.0 Å². The second-order valence-corrected chi connectivity index (χ2v) is 19.2. The quantitative estimate of drug-likeness (QED) is 0.112. The number of benzene rings is 4. The molecule has 3 unspecified atom stereocenters. The Balaban J connectivity index is 0.752. The van der Waals surface area contributed by atoms with E-state index in [4.69, 9.17) is 14.2 Å². The SMILES string of the molecule is CCOc1cc(C(CS(C)=O)N2Cc3cc(N4CCC(C5CCN(Cc6ccc(Oc7ccc8c(C9CCC(=O)NC9=O)nn(C)c8c7)cc6)CC5)CC4)ccc3C2=O)ccc1OC. The molecular weight excluding hydrogens is 829 g/mol. The summed E-state index contributed by atoms with van der Waals surface area (Å²) >= 11 is 0. The van der Waals surface area contributed by atoms with E-state index in [1.165, 1.54) is 36.9 Å². The summed E-state index contributed by atoms with van der Waals surface area (Å²) in [5.41, 5.74) is 6.63. The van der Waals surface area contributed by atoms with Crippen LogP contribution in [0.5, 0.6) is 23.0 Å². The van der Waals surface area contributed by atoms with Crippen molar-refractivity contribution in [1.82, 2.24) is 24.9 Å². The Morgan fingerprint density at radius 3 is 2.28 bits per heavy atom. The number of aromatic nitrogens is 2. The summed E-state index contributed by atoms with van der Waals surface area (Å²) in [4.78, 5) is 45.0. The van der Waals surface area contributed by atoms with Gasteiger partial charge in [-0.2, -0.15) is 5.10 Å². The largest absolute Gasteiger partial charge is 0.493 e. The maximum absolute atomic E-state index is 13.9. The first-order valence-electron chi connectivity index (χ1n) is 22.6. The summed E-state index contributed by atoms with van der Waals surface area (Å²) in [6.07, 6.45) is 7.24. The number of anilines is 1. The van der Waals surface area contributed by atoms with E-state index >= 15 is 0 Å². The monoisotopic (exact) mass is 886 g/mol. The maximum atomic E-state index is 13.9. The van der Waals surface area contributed by atoms with Gasteiger partial charge in [0.1, 0.15) is 11.5 Å². The molecule has 64 heavy (non-hydrogen) atoms. The zero-order valence-electron chi connectivity index (χ0n) is 37.2. The summed E-state index contributed by atoms with van der Waals surface area (Å²) in [6, 6.07) is 25.8. The minimum Gasteiger partial charge on any atom is -0.493 e. The molecule has 3 amide bonds. The van der Waals surface area contributed by atoms with Crippen LogP contribution >= 0.6 is 0 Å². The molecule has 3 fully saturated rings. The lowest BCUT2D eigenvalue weighted by molar-refractivity contribution is -0.134. The van der Waals surface area contributed by atoms with Crippen molar-refractivity contribution in [2.24, 2.45) is 18.9 Å². The molecule has 1 N–H and O–H groups in total. The molecule has 0 radical (unpaired) electrons. The number of ether oxygens (including phenoxy) is 3. The molecule has 13 nitrogen and oxygen atoms in total. The summed E-state index contributed by atoms with van der Waals surface area (Å²) in [6.45, 7) is 8.03. The van der Waals surface area contributed by atoms with E-state index in [1.807, 2.05) is 73.5 Å². The van der Waals surface area contributed by atoms with Crippen LogP contribution in [0.25, 0.3) is 10.9 Å². The Morgan fingerprint density at radius 2 is 1.58 bits per heavy atom. The molecular formula is C50H58N6O7S. The number of rotatable bonds is 14. The molecule has 1 aromatic heterocycles. The highest BCUT2D eigenvalue weighted by molar-refractivity contribution is 7.84. The summed E-state index contributed by atoms with van der Waals surface area (Å²) in [7, 11) is 2.35. The third-order valence-corrected chi connectivity index (χ3v) is 14.5. The first kappa shape index (κ1) is 43.5. The average molecular weight is 887 g/mol. The van der Waals surface area contributed by atoms with Crippen molar-refractivity contribution in [2.75, 3.05) is 56.8 Å². The minimum atomic E-state index is -1.12. The Morgan fingerprint density at radius 1 is 0.844 bits per heavy atom. The Bertz CT molecular complexity index is 2560. The van der Waals surface area contributed by atoms with Crippen LogP contribution < -0.4 is 24.4 Å². The van der Waals surface area contributed by atoms with Gasteiger partial charge in [-0.15, -0.1) is 0 Å². The molecule has 4 aliphatic heterocycles. The first-order valence-corrected chi connectivity index (χ1v) is 24.4. The van der Waals surface area contributed by atoms with Gasteiger partial charge in [0.25, 0.3) is 5.91 Å². The van der Waals surface area contributed by atoms with Gasteiger partial charge in [0.15, 0.2) is 11.5 Å². The van der Waals surface area contributed by atoms with Crippen LogP contribution in [0.4, 0.5) is 5.69 Å². The van der Waals surface area contributed by atoms with Crippen molar-refractivity contribution in [3.05, 3.63) is 107 Å². The van der Waals surface area contributed by atoms with Crippen LogP contribution in [-0.2, 0) is 40.5 Å². The van der Waals surface area contributed by atoms with Gasteiger partial charge in [0.05, 0.1) is 36.9 Å². The molecule has 4 aromatic carbocycles. The van der Waals surface area contributed by atoms with Crippen molar-refractivity contribution in [3.8, 4) is 23.0 Å². The number of carbonyl (C=O) groups is 3. The molecule has 0 spiro atoms. The number of methoxy groups -OCH3 is 1. The number of hydrogen-bond acceptors (Lipinski definition) is 10. The lowest BCUT2D eigenvalue weighted by atomic mass is 9.78. The van der Waals surface area contributed by atoms with Crippen LogP contribution in [0.1, 0.15) is 90.2 Å². The summed E-state index contributed by atoms with van der Waals surface area (Å²) < 4.78 is 32.0. The first-order chi connectivity index (χ1) is 31.0. The molecule has 14 heteroatoms. The predicted octanol–water partition coefficient (Wildman–Crippen LogP) is 7.50. The van der Waals surface area contributed by atoms with Crippen molar-refractivity contribution < 1.29 is 32.8 Å². The summed E-state index contributed by atoms with van der Waals surface area (Å²) in [5.74, 6) is 3.51. The van der Waals surface area contributed by atoms with Gasteiger partial charge in [-0.3, -0.25) is 33.5 Å². The molecule has 0 aliphatic carbocycles. The van der Waals surface area contributed by atoms with E-state index in [2.05, 4.69) is 44.5 Å². The molecule has 5 aromatic rings. The number of amides is 3. The second kappa shape index (κ2) is 18.8. The fraction of sp³-hybridized carbons (Fsp3) is 0.440. The van der Waals surface area contributed by atoms with Crippen LogP contribution in [-0.4, -0.2) is 93.4 Å². The fourth-order valence-electron chi connectivity index (χ4n) is 10.3. The standard InChI is InChI=1S/C50H58N6O7S/c1-5-62-46-27-35(8-16-45(46)61-3)44(31-64(4)60)56-30-36-26-37(9-13-40(36)50(56)59)55-24-20-34(21-25-55)33-18-22-54(23-19-33)29-32-6-10-38(11-7-32)63-39-12-14-41-43(28-39)53(2)52-48(41)42-15-17-47(57)51-49(42)58/h6-14,16,26-28,33-34,42,44H,5,15,17-25,29-31H2,1-4H3,(H,51,57,58). The van der Waals surface area contributed by atoms with Gasteiger partial charge < -0.3 is 24.0 Å². The highest BCUT2D eigenvalue weighted by atomic mass is 32.2. The van der Waals surface area contributed by atoms with Gasteiger partial charge in [-0.05, 0) is 135 Å². The number of hydrogen-bond donors (Lipinski definition) is 1. The molecule has 9 rings (SSSR count). The highest BCUT2D eigenvalue weighted by Crippen LogP contribution is 2.40. The second-order valence-electron chi connectivity index (χ2n) is 17.7. The molecule has 336 valence electrons. The van der Waals surface area contributed by atoms with Crippen molar-refractivity contribution >= 4 is 45.1 Å². The van der Waals surface area contributed by atoms with Gasteiger partial charge in [0, 0.05) is 85.2 Å². The Labute approximate surface area is 377 Å². The molecule has 0 saturated carbocycles. The fourth-order valence-corrected chi connectivity index (χ4v) is 11.2. The van der Waals surface area contributed by atoms with E-state index in [0.29, 0.717) is 54.7 Å². The number of nitrogens with one attached hydrogen (secondary N) is 1. The average Bonchev–Trinajstić information content (AvgIpc) is 3.81. The smallest absolute Gasteiger partial charge is 0.255 e. The van der Waals surface area contributed by atoms with Crippen LogP contribution in [0, 0.1) is 11.8 Å². The third-order valence-electron chi connectivity index (χ3n) is 13.8. The summed E-state index contributed by atoms with van der Waals surface area (Å²) in [5, 5.41) is 7.98. The van der Waals surface area contributed by atoms with Gasteiger partial charge in [0.2, 0.25) is 11.8 Å². The van der Waals surface area contributed by atoms with Crippen LogP contribution in [0.15, 0.2) is 78.9 Å². The van der Waals surface area contributed by atoms with Crippen molar-refractivity contribution in [2.45, 2.75) is 70.5 Å². The van der Waals surface area contributed by atoms with Gasteiger partial charge >= 0.3 is 0 Å². The van der Waals surface area contributed by atoms with Crippen LogP contribution in [0.2, 0.25) is 0 Å². The van der Waals surface area contributed by atoms with E-state index in [9.17, 15) is 18.6 Å². The number of imide groups is 1. The Kier molecular flexibility index (Phi) is 12.8.